The van der Waals surface area contributed by atoms with Gasteiger partial charge in [-0.25, -0.2) is 0 Å². The molecule has 2 heteroatoms. The lowest BCUT2D eigenvalue weighted by Gasteiger charge is -2.08. The van der Waals surface area contributed by atoms with Crippen molar-refractivity contribution in [3.8, 4) is 0 Å². The Kier molecular flexibility index (Phi) is 3.38. The zero-order valence-corrected chi connectivity index (χ0v) is 9.24. The summed E-state index contributed by atoms with van der Waals surface area (Å²) in [6.45, 7) is 3.42. The van der Waals surface area contributed by atoms with Gasteiger partial charge in [0.25, 0.3) is 0 Å². The molecule has 1 aromatic rings. The summed E-state index contributed by atoms with van der Waals surface area (Å²) in [5, 5.41) is 3.48. The number of nitrogens with zero attached hydrogens (tertiary/aromatic N) is 1. The van der Waals surface area contributed by atoms with Crippen molar-refractivity contribution in [2.24, 2.45) is 5.92 Å². The Bertz CT molecular complexity index is 330. The molecule has 1 atom stereocenters. The molecule has 1 fully saturated rings. The predicted octanol–water partition coefficient (Wildman–Crippen LogP) is 2.83. The van der Waals surface area contributed by atoms with E-state index in [4.69, 9.17) is 0 Å². The summed E-state index contributed by atoms with van der Waals surface area (Å²) in [5.74, 6) is 0.787. The van der Waals surface area contributed by atoms with Crippen LogP contribution in [0.2, 0.25) is 0 Å². The molecule has 80 valence electrons. The van der Waals surface area contributed by atoms with E-state index >= 15 is 0 Å². The quantitative estimate of drug-likeness (QED) is 0.757. The molecule has 0 saturated carbocycles. The average molecular weight is 202 g/mol. The van der Waals surface area contributed by atoms with Gasteiger partial charge in [0.2, 0.25) is 0 Å². The first-order valence-corrected chi connectivity index (χ1v) is 5.70. The predicted molar refractivity (Wildman–Crippen MR) is 63.2 cm³/mol. The maximum atomic E-state index is 4.31. The standard InChI is InChI=1S/C13H18N2/c1-11-5-4-8-15-13(9-11)10-12-6-2-3-7-14-12/h2-3,6-7,10-11,15H,4-5,8-9H2,1H3/b13-10+. The van der Waals surface area contributed by atoms with Crippen molar-refractivity contribution in [3.05, 3.63) is 35.8 Å². The summed E-state index contributed by atoms with van der Waals surface area (Å²) in [5.41, 5.74) is 2.38. The molecule has 0 radical (unpaired) electrons. The van der Waals surface area contributed by atoms with Gasteiger partial charge in [-0.1, -0.05) is 13.0 Å². The van der Waals surface area contributed by atoms with Gasteiger partial charge in [0.15, 0.2) is 0 Å². The van der Waals surface area contributed by atoms with Gasteiger partial charge in [0.1, 0.15) is 0 Å². The maximum absolute atomic E-state index is 4.31. The van der Waals surface area contributed by atoms with E-state index in [-0.39, 0.29) is 0 Å². The van der Waals surface area contributed by atoms with Crippen LogP contribution in [-0.4, -0.2) is 11.5 Å². The van der Waals surface area contributed by atoms with Gasteiger partial charge in [-0.3, -0.25) is 4.98 Å². The minimum Gasteiger partial charge on any atom is -0.388 e. The van der Waals surface area contributed by atoms with Gasteiger partial charge in [0.05, 0.1) is 5.69 Å². The molecule has 1 saturated heterocycles. The van der Waals surface area contributed by atoms with Gasteiger partial charge in [0, 0.05) is 18.4 Å². The molecule has 15 heavy (non-hydrogen) atoms. The first kappa shape index (κ1) is 10.2. The van der Waals surface area contributed by atoms with Crippen LogP contribution in [0.3, 0.4) is 0 Å². The molecule has 1 aliphatic heterocycles. The second kappa shape index (κ2) is 4.96. The molecule has 0 bridgehead atoms. The Morgan fingerprint density at radius 3 is 3.20 bits per heavy atom. The van der Waals surface area contributed by atoms with Gasteiger partial charge in [-0.05, 0) is 43.4 Å². The molecule has 1 N–H and O–H groups in total. The molecular formula is C13H18N2. The largest absolute Gasteiger partial charge is 0.388 e. The third-order valence-corrected chi connectivity index (χ3v) is 2.80. The first-order chi connectivity index (χ1) is 7.34. The van der Waals surface area contributed by atoms with Crippen LogP contribution in [0.4, 0.5) is 0 Å². The zero-order chi connectivity index (χ0) is 10.5. The SMILES string of the molecule is CC1CCCN/C(=C/c2ccccn2)C1. The lowest BCUT2D eigenvalue weighted by Crippen LogP contribution is -2.12. The van der Waals surface area contributed by atoms with Crippen molar-refractivity contribution < 1.29 is 0 Å². The summed E-state index contributed by atoms with van der Waals surface area (Å²) in [6.07, 6.45) is 7.76. The molecule has 0 amide bonds. The molecule has 0 spiro atoms. The number of allylic oxidation sites excluding steroid dienone is 1. The van der Waals surface area contributed by atoms with E-state index < -0.39 is 0 Å². The average Bonchev–Trinajstić information content (AvgIpc) is 2.44. The lowest BCUT2D eigenvalue weighted by atomic mass is 10.0. The Labute approximate surface area is 91.4 Å². The third kappa shape index (κ3) is 3.08. The number of hydrogen-bond acceptors (Lipinski definition) is 2. The van der Waals surface area contributed by atoms with Crippen LogP contribution in [0.25, 0.3) is 6.08 Å². The topological polar surface area (TPSA) is 24.9 Å². The molecule has 2 rings (SSSR count). The third-order valence-electron chi connectivity index (χ3n) is 2.80. The van der Waals surface area contributed by atoms with Gasteiger partial charge in [-0.2, -0.15) is 0 Å². The Morgan fingerprint density at radius 2 is 2.40 bits per heavy atom. The number of rotatable bonds is 1. The van der Waals surface area contributed by atoms with Crippen LogP contribution in [-0.2, 0) is 0 Å². The highest BCUT2D eigenvalue weighted by molar-refractivity contribution is 5.48. The van der Waals surface area contributed by atoms with Gasteiger partial charge in [-0.15, -0.1) is 0 Å². The van der Waals surface area contributed by atoms with E-state index in [9.17, 15) is 0 Å². The van der Waals surface area contributed by atoms with E-state index in [2.05, 4.69) is 23.3 Å². The highest BCUT2D eigenvalue weighted by Crippen LogP contribution is 2.19. The van der Waals surface area contributed by atoms with Crippen LogP contribution in [0.15, 0.2) is 30.1 Å². The fraction of sp³-hybridized carbons (Fsp3) is 0.462. The van der Waals surface area contributed by atoms with E-state index in [1.165, 1.54) is 18.5 Å². The minimum atomic E-state index is 0.787. The van der Waals surface area contributed by atoms with Crippen molar-refractivity contribution in [1.29, 1.82) is 0 Å². The molecule has 0 aromatic carbocycles. The van der Waals surface area contributed by atoms with Crippen molar-refractivity contribution in [3.63, 3.8) is 0 Å². The molecule has 2 heterocycles. The van der Waals surface area contributed by atoms with Crippen LogP contribution in [0.1, 0.15) is 31.9 Å². The van der Waals surface area contributed by atoms with Crippen LogP contribution >= 0.6 is 0 Å². The van der Waals surface area contributed by atoms with Crippen molar-refractivity contribution in [1.82, 2.24) is 10.3 Å². The van der Waals surface area contributed by atoms with Gasteiger partial charge < -0.3 is 5.32 Å². The summed E-state index contributed by atoms with van der Waals surface area (Å²) in [4.78, 5) is 4.31. The van der Waals surface area contributed by atoms with Gasteiger partial charge >= 0.3 is 0 Å². The summed E-state index contributed by atoms with van der Waals surface area (Å²) < 4.78 is 0. The van der Waals surface area contributed by atoms with E-state index in [0.717, 1.165) is 24.6 Å². The van der Waals surface area contributed by atoms with Crippen LogP contribution in [0.5, 0.6) is 0 Å². The molecule has 1 unspecified atom stereocenters. The van der Waals surface area contributed by atoms with E-state index in [1.807, 2.05) is 24.4 Å². The van der Waals surface area contributed by atoms with E-state index in [1.54, 1.807) is 0 Å². The van der Waals surface area contributed by atoms with Crippen molar-refractivity contribution in [2.75, 3.05) is 6.54 Å². The molecule has 1 aliphatic rings. The zero-order valence-electron chi connectivity index (χ0n) is 9.24. The monoisotopic (exact) mass is 202 g/mol. The smallest absolute Gasteiger partial charge is 0.0646 e. The highest BCUT2D eigenvalue weighted by atomic mass is 14.9. The van der Waals surface area contributed by atoms with E-state index in [0.29, 0.717) is 0 Å². The molecule has 1 aromatic heterocycles. The molecule has 0 aliphatic carbocycles. The van der Waals surface area contributed by atoms with Crippen LogP contribution < -0.4 is 5.32 Å². The maximum Gasteiger partial charge on any atom is 0.0646 e. The summed E-state index contributed by atoms with van der Waals surface area (Å²) in [7, 11) is 0. The van der Waals surface area contributed by atoms with Crippen LogP contribution in [0, 0.1) is 5.92 Å². The molecular weight excluding hydrogens is 184 g/mol. The molecule has 2 nitrogen and oxygen atoms in total. The number of aromatic nitrogens is 1. The lowest BCUT2D eigenvalue weighted by molar-refractivity contribution is 0.538. The summed E-state index contributed by atoms with van der Waals surface area (Å²) >= 11 is 0. The summed E-state index contributed by atoms with van der Waals surface area (Å²) in [6, 6.07) is 6.02. The first-order valence-electron chi connectivity index (χ1n) is 5.70. The Hall–Kier alpha value is -1.31. The minimum absolute atomic E-state index is 0.787. The second-order valence-corrected chi connectivity index (χ2v) is 4.30. The fourth-order valence-electron chi connectivity index (χ4n) is 2.00. The number of hydrogen-bond donors (Lipinski definition) is 1. The normalized spacial score (nSPS) is 24.6. The second-order valence-electron chi connectivity index (χ2n) is 4.30. The van der Waals surface area contributed by atoms with Crippen molar-refractivity contribution in [2.45, 2.75) is 26.2 Å². The number of nitrogens with one attached hydrogen (secondary N) is 1. The van der Waals surface area contributed by atoms with Crippen molar-refractivity contribution >= 4 is 6.08 Å². The number of pyridine rings is 1. The highest BCUT2D eigenvalue weighted by Gasteiger charge is 2.10. The fourth-order valence-corrected chi connectivity index (χ4v) is 2.00. The Balaban J connectivity index is 2.11. The Morgan fingerprint density at radius 1 is 1.47 bits per heavy atom.